The number of amides is 1. The molecule has 2 aromatic rings. The van der Waals surface area contributed by atoms with Crippen LogP contribution in [0.15, 0.2) is 12.1 Å². The lowest BCUT2D eigenvalue weighted by molar-refractivity contribution is -0.116. The molecule has 0 saturated carbocycles. The summed E-state index contributed by atoms with van der Waals surface area (Å²) in [5.41, 5.74) is 2.30. The van der Waals surface area contributed by atoms with Crippen LogP contribution < -0.4 is 14.8 Å². The molecule has 0 aliphatic carbocycles. The van der Waals surface area contributed by atoms with E-state index in [-0.39, 0.29) is 53.0 Å². The third-order valence-electron chi connectivity index (χ3n) is 5.59. The summed E-state index contributed by atoms with van der Waals surface area (Å²) in [6.07, 6.45) is 0.664. The van der Waals surface area contributed by atoms with Crippen LogP contribution in [0.5, 0.6) is 17.2 Å². The summed E-state index contributed by atoms with van der Waals surface area (Å²) in [5.74, 6) is 0.554. The maximum absolute atomic E-state index is 12.5. The Kier molecular flexibility index (Phi) is 4.68. The SMILES string of the molecule is COc1cc(C2CC(=O)Nc3c2c(C)nn3C2CCS(=O)(=O)C2)cc(OC)c1O. The van der Waals surface area contributed by atoms with Gasteiger partial charge in [0.1, 0.15) is 5.82 Å². The number of benzene rings is 1. The van der Waals surface area contributed by atoms with Crippen molar-refractivity contribution < 1.29 is 27.8 Å². The van der Waals surface area contributed by atoms with E-state index in [1.54, 1.807) is 16.8 Å². The maximum atomic E-state index is 12.5. The number of nitrogens with zero attached hydrogens (tertiary/aromatic N) is 2. The van der Waals surface area contributed by atoms with Crippen LogP contribution in [0, 0.1) is 6.92 Å². The first kappa shape index (κ1) is 19.6. The summed E-state index contributed by atoms with van der Waals surface area (Å²) >= 11 is 0. The number of aryl methyl sites for hydroxylation is 1. The molecule has 1 aromatic carbocycles. The standard InChI is InChI=1S/C19H23N3O6S/c1-10-17-13(11-6-14(27-2)18(24)15(7-11)28-3)8-16(23)20-19(17)22(21-10)12-4-5-29(25,26)9-12/h6-7,12-13,24H,4-5,8-9H2,1-3H3,(H,20,23). The smallest absolute Gasteiger partial charge is 0.226 e. The van der Waals surface area contributed by atoms with E-state index >= 15 is 0 Å². The van der Waals surface area contributed by atoms with E-state index in [4.69, 9.17) is 9.47 Å². The molecule has 2 unspecified atom stereocenters. The number of hydrogen-bond donors (Lipinski definition) is 2. The summed E-state index contributed by atoms with van der Waals surface area (Å²) in [5, 5.41) is 17.7. The number of anilines is 1. The molecule has 0 spiro atoms. The van der Waals surface area contributed by atoms with Gasteiger partial charge in [0, 0.05) is 17.9 Å². The quantitative estimate of drug-likeness (QED) is 0.772. The van der Waals surface area contributed by atoms with Gasteiger partial charge in [-0.1, -0.05) is 0 Å². The van der Waals surface area contributed by atoms with Gasteiger partial charge in [-0.3, -0.25) is 4.79 Å². The molecular formula is C19H23N3O6S. The number of sulfone groups is 1. The number of carbonyl (C=O) groups is 1. The van der Waals surface area contributed by atoms with Crippen molar-refractivity contribution in [3.63, 3.8) is 0 Å². The van der Waals surface area contributed by atoms with Gasteiger partial charge in [0.2, 0.25) is 11.7 Å². The lowest BCUT2D eigenvalue weighted by Gasteiger charge is -2.26. The van der Waals surface area contributed by atoms with Gasteiger partial charge in [-0.2, -0.15) is 5.10 Å². The van der Waals surface area contributed by atoms with Gasteiger partial charge in [0.25, 0.3) is 0 Å². The number of phenols is 1. The van der Waals surface area contributed by atoms with Crippen LogP contribution >= 0.6 is 0 Å². The van der Waals surface area contributed by atoms with E-state index in [2.05, 4.69) is 10.4 Å². The topological polar surface area (TPSA) is 120 Å². The van der Waals surface area contributed by atoms with Gasteiger partial charge < -0.3 is 19.9 Å². The minimum absolute atomic E-state index is 0.0158. The Bertz CT molecular complexity index is 1070. The molecule has 2 aliphatic heterocycles. The highest BCUT2D eigenvalue weighted by Crippen LogP contribution is 2.45. The zero-order valence-electron chi connectivity index (χ0n) is 16.4. The fraction of sp³-hybridized carbons (Fsp3) is 0.474. The Morgan fingerprint density at radius 2 is 1.90 bits per heavy atom. The number of hydrogen-bond acceptors (Lipinski definition) is 7. The highest BCUT2D eigenvalue weighted by Gasteiger charge is 2.37. The van der Waals surface area contributed by atoms with Crippen LogP contribution in [0.1, 0.15) is 41.6 Å². The third kappa shape index (κ3) is 3.31. The van der Waals surface area contributed by atoms with E-state index < -0.39 is 9.84 Å². The molecule has 9 nitrogen and oxygen atoms in total. The summed E-state index contributed by atoms with van der Waals surface area (Å²) in [4.78, 5) is 12.5. The molecule has 1 aromatic heterocycles. The van der Waals surface area contributed by atoms with E-state index in [1.165, 1.54) is 14.2 Å². The molecule has 0 bridgehead atoms. The van der Waals surface area contributed by atoms with Crippen molar-refractivity contribution in [2.75, 3.05) is 31.0 Å². The number of carbonyl (C=O) groups excluding carboxylic acids is 1. The van der Waals surface area contributed by atoms with Crippen molar-refractivity contribution in [2.45, 2.75) is 31.7 Å². The predicted molar refractivity (Wildman–Crippen MR) is 106 cm³/mol. The van der Waals surface area contributed by atoms with Crippen LogP contribution in [0.3, 0.4) is 0 Å². The molecule has 2 atom stereocenters. The Morgan fingerprint density at radius 3 is 2.45 bits per heavy atom. The van der Waals surface area contributed by atoms with Gasteiger partial charge >= 0.3 is 0 Å². The van der Waals surface area contributed by atoms with Crippen molar-refractivity contribution in [1.29, 1.82) is 0 Å². The van der Waals surface area contributed by atoms with Gasteiger partial charge in [0.15, 0.2) is 21.3 Å². The largest absolute Gasteiger partial charge is 0.502 e. The number of aromatic hydroxyl groups is 1. The molecule has 1 fully saturated rings. The van der Waals surface area contributed by atoms with Gasteiger partial charge in [0.05, 0.1) is 37.5 Å². The first-order chi connectivity index (χ1) is 13.7. The average Bonchev–Trinajstić information content (AvgIpc) is 3.20. The predicted octanol–water partition coefficient (Wildman–Crippen LogP) is 1.75. The number of phenolic OH excluding ortho intramolecular Hbond substituents is 1. The fourth-order valence-electron chi connectivity index (χ4n) is 4.20. The minimum Gasteiger partial charge on any atom is -0.502 e. The van der Waals surface area contributed by atoms with E-state index in [0.717, 1.165) is 16.8 Å². The number of aromatic nitrogens is 2. The summed E-state index contributed by atoms with van der Waals surface area (Å²) in [6, 6.07) is 3.06. The minimum atomic E-state index is -3.10. The number of nitrogens with one attached hydrogen (secondary N) is 1. The molecule has 1 amide bonds. The second-order valence-electron chi connectivity index (χ2n) is 7.43. The maximum Gasteiger partial charge on any atom is 0.226 e. The monoisotopic (exact) mass is 421 g/mol. The van der Waals surface area contributed by atoms with Crippen LogP contribution in [0.4, 0.5) is 5.82 Å². The number of methoxy groups -OCH3 is 2. The van der Waals surface area contributed by atoms with Gasteiger partial charge in [-0.15, -0.1) is 0 Å². The van der Waals surface area contributed by atoms with E-state index in [1.807, 2.05) is 6.92 Å². The lowest BCUT2D eigenvalue weighted by Crippen LogP contribution is -2.26. The van der Waals surface area contributed by atoms with Crippen LogP contribution in [0.25, 0.3) is 0 Å². The van der Waals surface area contributed by atoms with Crippen molar-refractivity contribution in [3.8, 4) is 17.2 Å². The molecular weight excluding hydrogens is 398 g/mol. The van der Waals surface area contributed by atoms with Crippen LogP contribution in [-0.2, 0) is 14.6 Å². The normalized spacial score (nSPS) is 22.8. The zero-order valence-corrected chi connectivity index (χ0v) is 17.2. The molecule has 2 N–H and O–H groups in total. The summed E-state index contributed by atoms with van der Waals surface area (Å²) in [7, 11) is -0.206. The third-order valence-corrected chi connectivity index (χ3v) is 7.34. The number of ether oxygens (including phenoxy) is 2. The molecule has 2 aliphatic rings. The summed E-state index contributed by atoms with van der Waals surface area (Å²) in [6.45, 7) is 1.85. The van der Waals surface area contributed by atoms with Crippen molar-refractivity contribution in [2.24, 2.45) is 0 Å². The Labute approximate surface area is 168 Å². The van der Waals surface area contributed by atoms with Crippen LogP contribution in [-0.4, -0.2) is 54.9 Å². The number of fused-ring (bicyclic) bond motifs is 1. The Hall–Kier alpha value is -2.75. The molecule has 29 heavy (non-hydrogen) atoms. The highest BCUT2D eigenvalue weighted by atomic mass is 32.2. The van der Waals surface area contributed by atoms with Gasteiger partial charge in [-0.05, 0) is 31.0 Å². The molecule has 0 radical (unpaired) electrons. The molecule has 156 valence electrons. The summed E-state index contributed by atoms with van der Waals surface area (Å²) < 4.78 is 36.0. The fourth-order valence-corrected chi connectivity index (χ4v) is 5.90. The van der Waals surface area contributed by atoms with E-state index in [9.17, 15) is 18.3 Å². The van der Waals surface area contributed by atoms with Gasteiger partial charge in [-0.25, -0.2) is 13.1 Å². The second kappa shape index (κ2) is 6.94. The molecule has 10 heteroatoms. The second-order valence-corrected chi connectivity index (χ2v) is 9.66. The van der Waals surface area contributed by atoms with Crippen molar-refractivity contribution in [1.82, 2.24) is 9.78 Å². The lowest BCUT2D eigenvalue weighted by atomic mass is 9.85. The zero-order chi connectivity index (χ0) is 20.9. The first-order valence-electron chi connectivity index (χ1n) is 9.28. The molecule has 1 saturated heterocycles. The number of rotatable bonds is 4. The molecule has 4 rings (SSSR count). The Balaban J connectivity index is 1.83. The average molecular weight is 421 g/mol. The molecule has 3 heterocycles. The highest BCUT2D eigenvalue weighted by molar-refractivity contribution is 7.91. The van der Waals surface area contributed by atoms with Crippen molar-refractivity contribution in [3.05, 3.63) is 29.0 Å². The van der Waals surface area contributed by atoms with E-state index in [0.29, 0.717) is 12.2 Å². The van der Waals surface area contributed by atoms with Crippen LogP contribution in [0.2, 0.25) is 0 Å². The Morgan fingerprint density at radius 1 is 1.24 bits per heavy atom. The van der Waals surface area contributed by atoms with Crippen molar-refractivity contribution >= 4 is 21.6 Å². The first-order valence-corrected chi connectivity index (χ1v) is 11.1.